The van der Waals surface area contributed by atoms with Crippen molar-refractivity contribution in [3.8, 4) is 22.6 Å². The lowest BCUT2D eigenvalue weighted by atomic mass is 9.85. The zero-order valence-corrected chi connectivity index (χ0v) is 20.9. The van der Waals surface area contributed by atoms with Gasteiger partial charge in [0.25, 0.3) is 0 Å². The van der Waals surface area contributed by atoms with Gasteiger partial charge in [-0.2, -0.15) is 0 Å². The number of ether oxygens (including phenoxy) is 2. The average Bonchev–Trinajstić information content (AvgIpc) is 2.84. The smallest absolute Gasteiger partial charge is 0.168 e. The van der Waals surface area contributed by atoms with E-state index in [0.29, 0.717) is 18.8 Å². The molecule has 0 amide bonds. The van der Waals surface area contributed by atoms with Gasteiger partial charge in [-0.15, -0.1) is 0 Å². The fourth-order valence-corrected chi connectivity index (χ4v) is 4.73. The Bertz CT molecular complexity index is 845. The van der Waals surface area contributed by atoms with Gasteiger partial charge in [-0.05, 0) is 66.1 Å². The summed E-state index contributed by atoms with van der Waals surface area (Å²) in [7, 11) is 0. The Labute approximate surface area is 200 Å². The maximum atomic E-state index is 15.2. The molecule has 0 unspecified atom stereocenters. The molecule has 33 heavy (non-hydrogen) atoms. The van der Waals surface area contributed by atoms with Crippen LogP contribution in [0.5, 0.6) is 11.5 Å². The van der Waals surface area contributed by atoms with Crippen LogP contribution in [0.3, 0.4) is 0 Å². The maximum absolute atomic E-state index is 15.2. The standard InChI is InChI=1S/C30H43FO2/c1-3-5-7-9-10-12-14-22-33-29-20-19-27-26-18-16-25(32-21-13-11-8-6-4-2)23-24(26)15-17-28(27)30(29)31/h16,18-20,23H,3-15,17,21-22H2,1-2H3. The molecular formula is C30H43FO2. The lowest BCUT2D eigenvalue weighted by molar-refractivity contribution is 0.289. The molecule has 182 valence electrons. The Morgan fingerprint density at radius 2 is 1.27 bits per heavy atom. The molecule has 0 saturated heterocycles. The highest BCUT2D eigenvalue weighted by molar-refractivity contribution is 5.75. The first-order chi connectivity index (χ1) is 16.2. The van der Waals surface area contributed by atoms with Crippen LogP contribution in [0.4, 0.5) is 4.39 Å². The number of unbranched alkanes of at least 4 members (excludes halogenated alkanes) is 10. The zero-order valence-electron chi connectivity index (χ0n) is 20.9. The van der Waals surface area contributed by atoms with Crippen molar-refractivity contribution in [2.75, 3.05) is 13.2 Å². The van der Waals surface area contributed by atoms with Gasteiger partial charge in [-0.25, -0.2) is 4.39 Å². The summed E-state index contributed by atoms with van der Waals surface area (Å²) in [5, 5.41) is 0. The molecule has 0 N–H and O–H groups in total. The summed E-state index contributed by atoms with van der Waals surface area (Å²) in [5.41, 5.74) is 4.18. The van der Waals surface area contributed by atoms with Crippen LogP contribution in [0.2, 0.25) is 0 Å². The van der Waals surface area contributed by atoms with E-state index in [2.05, 4.69) is 26.0 Å². The summed E-state index contributed by atoms with van der Waals surface area (Å²) in [5.74, 6) is 1.17. The molecule has 1 aliphatic rings. The molecule has 1 aliphatic carbocycles. The highest BCUT2D eigenvalue weighted by Crippen LogP contribution is 2.39. The van der Waals surface area contributed by atoms with Crippen molar-refractivity contribution in [3.63, 3.8) is 0 Å². The molecule has 0 saturated carbocycles. The molecule has 2 nitrogen and oxygen atoms in total. The summed E-state index contributed by atoms with van der Waals surface area (Å²) in [4.78, 5) is 0. The van der Waals surface area contributed by atoms with Crippen molar-refractivity contribution in [3.05, 3.63) is 47.3 Å². The fourth-order valence-electron chi connectivity index (χ4n) is 4.73. The number of benzene rings is 2. The van der Waals surface area contributed by atoms with E-state index in [9.17, 15) is 0 Å². The minimum atomic E-state index is -0.173. The van der Waals surface area contributed by atoms with Gasteiger partial charge in [0.2, 0.25) is 0 Å². The zero-order chi connectivity index (χ0) is 23.3. The average molecular weight is 455 g/mol. The lowest BCUT2D eigenvalue weighted by Gasteiger charge is -2.22. The van der Waals surface area contributed by atoms with E-state index in [1.54, 1.807) is 0 Å². The third-order valence-electron chi connectivity index (χ3n) is 6.74. The molecule has 3 heteroatoms. The second-order valence-electron chi connectivity index (χ2n) is 9.46. The first-order valence-electron chi connectivity index (χ1n) is 13.4. The van der Waals surface area contributed by atoms with E-state index < -0.39 is 0 Å². The summed E-state index contributed by atoms with van der Waals surface area (Å²) >= 11 is 0. The molecule has 2 aromatic rings. The molecule has 0 spiro atoms. The third-order valence-corrected chi connectivity index (χ3v) is 6.74. The predicted molar refractivity (Wildman–Crippen MR) is 137 cm³/mol. The van der Waals surface area contributed by atoms with Crippen molar-refractivity contribution >= 4 is 0 Å². The number of aryl methyl sites for hydroxylation is 1. The van der Waals surface area contributed by atoms with E-state index in [4.69, 9.17) is 9.47 Å². The molecule has 2 aromatic carbocycles. The maximum Gasteiger partial charge on any atom is 0.168 e. The van der Waals surface area contributed by atoms with Crippen molar-refractivity contribution in [1.29, 1.82) is 0 Å². The molecule has 0 radical (unpaired) electrons. The van der Waals surface area contributed by atoms with Gasteiger partial charge in [0.15, 0.2) is 11.6 Å². The molecule has 0 bridgehead atoms. The Morgan fingerprint density at radius 1 is 0.667 bits per heavy atom. The van der Waals surface area contributed by atoms with E-state index in [0.717, 1.165) is 54.7 Å². The molecule has 3 rings (SSSR count). The second-order valence-corrected chi connectivity index (χ2v) is 9.46. The molecule has 0 fully saturated rings. The molecule has 0 aliphatic heterocycles. The highest BCUT2D eigenvalue weighted by atomic mass is 19.1. The SMILES string of the molecule is CCCCCCCCCOc1ccc2c(c1F)CCc1cc(OCCCCCCC)ccc1-2. The van der Waals surface area contributed by atoms with Crippen molar-refractivity contribution in [2.45, 2.75) is 104 Å². The van der Waals surface area contributed by atoms with Gasteiger partial charge < -0.3 is 9.47 Å². The lowest BCUT2D eigenvalue weighted by Crippen LogP contribution is -2.09. The minimum Gasteiger partial charge on any atom is -0.494 e. The summed E-state index contributed by atoms with van der Waals surface area (Å²) < 4.78 is 27.0. The molecule has 0 aromatic heterocycles. The van der Waals surface area contributed by atoms with Crippen LogP contribution in [0.15, 0.2) is 30.3 Å². The van der Waals surface area contributed by atoms with Crippen molar-refractivity contribution < 1.29 is 13.9 Å². The van der Waals surface area contributed by atoms with Crippen LogP contribution in [0.1, 0.15) is 102 Å². The van der Waals surface area contributed by atoms with Gasteiger partial charge in [0.1, 0.15) is 5.75 Å². The van der Waals surface area contributed by atoms with E-state index in [1.807, 2.05) is 18.2 Å². The fraction of sp³-hybridized carbons (Fsp3) is 0.600. The van der Waals surface area contributed by atoms with Crippen molar-refractivity contribution in [2.24, 2.45) is 0 Å². The number of hydrogen-bond donors (Lipinski definition) is 0. The van der Waals surface area contributed by atoms with Crippen LogP contribution in [0.25, 0.3) is 11.1 Å². The van der Waals surface area contributed by atoms with Gasteiger partial charge in [-0.3, -0.25) is 0 Å². The monoisotopic (exact) mass is 454 g/mol. The van der Waals surface area contributed by atoms with Crippen LogP contribution >= 0.6 is 0 Å². The number of fused-ring (bicyclic) bond motifs is 3. The predicted octanol–water partition coefficient (Wildman–Crippen LogP) is 9.07. The largest absolute Gasteiger partial charge is 0.494 e. The van der Waals surface area contributed by atoms with Gasteiger partial charge >= 0.3 is 0 Å². The highest BCUT2D eigenvalue weighted by Gasteiger charge is 2.22. The topological polar surface area (TPSA) is 18.5 Å². The number of rotatable bonds is 16. The third kappa shape index (κ3) is 7.76. The van der Waals surface area contributed by atoms with E-state index in [-0.39, 0.29) is 5.82 Å². The van der Waals surface area contributed by atoms with Crippen LogP contribution < -0.4 is 9.47 Å². The molecular weight excluding hydrogens is 411 g/mol. The van der Waals surface area contributed by atoms with Gasteiger partial charge in [0.05, 0.1) is 13.2 Å². The second kappa shape index (κ2) is 14.3. The molecule has 0 heterocycles. The van der Waals surface area contributed by atoms with E-state index in [1.165, 1.54) is 63.4 Å². The van der Waals surface area contributed by atoms with Gasteiger partial charge in [-0.1, -0.05) is 90.2 Å². The summed E-state index contributed by atoms with van der Waals surface area (Å²) in [6.07, 6.45) is 16.4. The molecule has 0 atom stereocenters. The Hall–Kier alpha value is -2.03. The van der Waals surface area contributed by atoms with Crippen molar-refractivity contribution in [1.82, 2.24) is 0 Å². The first kappa shape index (κ1) is 25.6. The normalized spacial score (nSPS) is 12.3. The van der Waals surface area contributed by atoms with Gasteiger partial charge in [0, 0.05) is 0 Å². The Morgan fingerprint density at radius 3 is 1.97 bits per heavy atom. The first-order valence-corrected chi connectivity index (χ1v) is 13.4. The Balaban J connectivity index is 1.51. The quantitative estimate of drug-likeness (QED) is 0.235. The summed E-state index contributed by atoms with van der Waals surface area (Å²) in [6.45, 7) is 5.84. The van der Waals surface area contributed by atoms with E-state index >= 15 is 4.39 Å². The van der Waals surface area contributed by atoms with Crippen LogP contribution in [-0.4, -0.2) is 13.2 Å². The number of hydrogen-bond acceptors (Lipinski definition) is 2. The Kier molecular flexibility index (Phi) is 11.1. The van der Waals surface area contributed by atoms with Crippen LogP contribution in [-0.2, 0) is 12.8 Å². The minimum absolute atomic E-state index is 0.173. The summed E-state index contributed by atoms with van der Waals surface area (Å²) in [6, 6.07) is 10.1. The van der Waals surface area contributed by atoms with Crippen LogP contribution in [0, 0.1) is 5.82 Å². The number of halogens is 1.